The largest absolute Gasteiger partial charge is 0.290 e. The van der Waals surface area contributed by atoms with Crippen molar-refractivity contribution in [3.8, 4) is 0 Å². The molecule has 2 heterocycles. The van der Waals surface area contributed by atoms with Gasteiger partial charge in [0.1, 0.15) is 0 Å². The number of hydrogen-bond donors (Lipinski definition) is 0. The summed E-state index contributed by atoms with van der Waals surface area (Å²) in [4.78, 5) is 19.6. The fourth-order valence-electron chi connectivity index (χ4n) is 1.38. The molecular formula is C11H12N4O. The standard InChI is InChI=1S/C11H12N4O/c1-2-15-8-9(7-14-15)6-10(16)11-12-4-3-5-13-11/h3-5,7-8H,2,6H2,1H3. The van der Waals surface area contributed by atoms with Gasteiger partial charge < -0.3 is 0 Å². The van der Waals surface area contributed by atoms with Crippen LogP contribution in [0, 0.1) is 0 Å². The van der Waals surface area contributed by atoms with Gasteiger partial charge in [-0.15, -0.1) is 0 Å². The Morgan fingerprint density at radius 2 is 2.12 bits per heavy atom. The Morgan fingerprint density at radius 1 is 1.38 bits per heavy atom. The van der Waals surface area contributed by atoms with Crippen molar-refractivity contribution < 1.29 is 4.79 Å². The molecule has 2 aromatic rings. The molecule has 2 aromatic heterocycles. The van der Waals surface area contributed by atoms with Gasteiger partial charge in [-0.05, 0) is 18.6 Å². The van der Waals surface area contributed by atoms with Gasteiger partial charge in [0.15, 0.2) is 5.82 Å². The van der Waals surface area contributed by atoms with E-state index in [0.29, 0.717) is 6.42 Å². The summed E-state index contributed by atoms with van der Waals surface area (Å²) in [7, 11) is 0. The molecule has 0 aliphatic heterocycles. The van der Waals surface area contributed by atoms with Gasteiger partial charge in [0.2, 0.25) is 5.78 Å². The Bertz CT molecular complexity index is 478. The summed E-state index contributed by atoms with van der Waals surface area (Å²) < 4.78 is 1.79. The van der Waals surface area contributed by atoms with E-state index in [1.54, 1.807) is 29.3 Å². The number of hydrogen-bond acceptors (Lipinski definition) is 4. The molecule has 16 heavy (non-hydrogen) atoms. The van der Waals surface area contributed by atoms with Gasteiger partial charge in [0, 0.05) is 31.6 Å². The minimum Gasteiger partial charge on any atom is -0.290 e. The number of ketones is 1. The second-order valence-electron chi connectivity index (χ2n) is 3.38. The van der Waals surface area contributed by atoms with Crippen LogP contribution in [0.25, 0.3) is 0 Å². The highest BCUT2D eigenvalue weighted by Crippen LogP contribution is 2.03. The first-order valence-electron chi connectivity index (χ1n) is 5.11. The van der Waals surface area contributed by atoms with Gasteiger partial charge in [-0.25, -0.2) is 9.97 Å². The SMILES string of the molecule is CCn1cc(CC(=O)c2ncccn2)cn1. The summed E-state index contributed by atoms with van der Waals surface area (Å²) in [5.74, 6) is 0.169. The van der Waals surface area contributed by atoms with Crippen LogP contribution in [0.5, 0.6) is 0 Å². The monoisotopic (exact) mass is 216 g/mol. The van der Waals surface area contributed by atoms with E-state index in [-0.39, 0.29) is 11.6 Å². The summed E-state index contributed by atoms with van der Waals surface area (Å²) in [5, 5.41) is 4.11. The lowest BCUT2D eigenvalue weighted by atomic mass is 10.2. The fourth-order valence-corrected chi connectivity index (χ4v) is 1.38. The maximum atomic E-state index is 11.7. The topological polar surface area (TPSA) is 60.7 Å². The number of nitrogens with zero attached hydrogens (tertiary/aromatic N) is 4. The second-order valence-corrected chi connectivity index (χ2v) is 3.38. The molecule has 0 bridgehead atoms. The highest BCUT2D eigenvalue weighted by atomic mass is 16.1. The normalized spacial score (nSPS) is 10.3. The third kappa shape index (κ3) is 2.31. The third-order valence-corrected chi connectivity index (χ3v) is 2.19. The summed E-state index contributed by atoms with van der Waals surface area (Å²) >= 11 is 0. The molecule has 0 unspecified atom stereocenters. The van der Waals surface area contributed by atoms with Gasteiger partial charge in [-0.1, -0.05) is 0 Å². The first kappa shape index (κ1) is 10.5. The quantitative estimate of drug-likeness (QED) is 0.718. The minimum absolute atomic E-state index is 0.0868. The summed E-state index contributed by atoms with van der Waals surface area (Å²) in [6.45, 7) is 2.80. The van der Waals surface area contributed by atoms with Crippen LogP contribution in [-0.2, 0) is 13.0 Å². The Labute approximate surface area is 93.2 Å². The zero-order chi connectivity index (χ0) is 11.4. The van der Waals surface area contributed by atoms with Crippen LogP contribution in [0.3, 0.4) is 0 Å². The van der Waals surface area contributed by atoms with Crippen molar-refractivity contribution in [2.45, 2.75) is 19.9 Å². The molecule has 0 aliphatic rings. The minimum atomic E-state index is -0.0868. The predicted molar refractivity (Wildman–Crippen MR) is 58.0 cm³/mol. The number of rotatable bonds is 4. The summed E-state index contributed by atoms with van der Waals surface area (Å²) in [5.41, 5.74) is 0.888. The number of Topliss-reactive ketones (excluding diaryl/α,β-unsaturated/α-hetero) is 1. The lowest BCUT2D eigenvalue weighted by Crippen LogP contribution is -2.07. The molecule has 0 saturated heterocycles. The Kier molecular flexibility index (Phi) is 3.05. The van der Waals surface area contributed by atoms with Crippen molar-refractivity contribution in [1.82, 2.24) is 19.7 Å². The predicted octanol–water partition coefficient (Wildman–Crippen LogP) is 1.12. The number of aromatic nitrogens is 4. The average molecular weight is 216 g/mol. The molecule has 0 aromatic carbocycles. The van der Waals surface area contributed by atoms with Gasteiger partial charge in [-0.2, -0.15) is 5.10 Å². The molecule has 0 N–H and O–H groups in total. The molecule has 0 spiro atoms. The smallest absolute Gasteiger partial charge is 0.204 e. The van der Waals surface area contributed by atoms with E-state index in [0.717, 1.165) is 12.1 Å². The maximum Gasteiger partial charge on any atom is 0.204 e. The number of carbonyl (C=O) groups excluding carboxylic acids is 1. The van der Waals surface area contributed by atoms with E-state index >= 15 is 0 Å². The highest BCUT2D eigenvalue weighted by molar-refractivity contribution is 5.93. The third-order valence-electron chi connectivity index (χ3n) is 2.19. The molecule has 0 saturated carbocycles. The molecule has 5 heteroatoms. The lowest BCUT2D eigenvalue weighted by Gasteiger charge is -1.96. The van der Waals surface area contributed by atoms with E-state index in [9.17, 15) is 4.79 Å². The van der Waals surface area contributed by atoms with E-state index < -0.39 is 0 Å². The van der Waals surface area contributed by atoms with Gasteiger partial charge >= 0.3 is 0 Å². The van der Waals surface area contributed by atoms with Crippen molar-refractivity contribution in [2.24, 2.45) is 0 Å². The lowest BCUT2D eigenvalue weighted by molar-refractivity contribution is 0.0983. The summed E-state index contributed by atoms with van der Waals surface area (Å²) in [6.07, 6.45) is 6.99. The Morgan fingerprint density at radius 3 is 2.75 bits per heavy atom. The summed E-state index contributed by atoms with van der Waals surface area (Å²) in [6, 6.07) is 1.69. The second kappa shape index (κ2) is 4.65. The van der Waals surface area contributed by atoms with E-state index in [1.807, 2.05) is 13.1 Å². The van der Waals surface area contributed by atoms with E-state index in [1.165, 1.54) is 0 Å². The Balaban J connectivity index is 2.08. The van der Waals surface area contributed by atoms with Crippen LogP contribution in [0.2, 0.25) is 0 Å². The zero-order valence-electron chi connectivity index (χ0n) is 9.00. The van der Waals surface area contributed by atoms with Crippen molar-refractivity contribution in [3.05, 3.63) is 42.2 Å². The van der Waals surface area contributed by atoms with Gasteiger partial charge in [0.05, 0.1) is 6.20 Å². The van der Waals surface area contributed by atoms with E-state index in [2.05, 4.69) is 15.1 Å². The molecule has 0 fully saturated rings. The van der Waals surface area contributed by atoms with Gasteiger partial charge in [0.25, 0.3) is 0 Å². The molecule has 2 rings (SSSR count). The van der Waals surface area contributed by atoms with Gasteiger partial charge in [-0.3, -0.25) is 9.48 Å². The van der Waals surface area contributed by atoms with E-state index in [4.69, 9.17) is 0 Å². The molecule has 0 radical (unpaired) electrons. The first-order valence-corrected chi connectivity index (χ1v) is 5.11. The van der Waals surface area contributed by atoms with Crippen molar-refractivity contribution in [3.63, 3.8) is 0 Å². The zero-order valence-corrected chi connectivity index (χ0v) is 9.00. The van der Waals surface area contributed by atoms with Crippen LogP contribution in [0.4, 0.5) is 0 Å². The molecular weight excluding hydrogens is 204 g/mol. The average Bonchev–Trinajstić information content (AvgIpc) is 2.78. The molecule has 5 nitrogen and oxygen atoms in total. The van der Waals surface area contributed by atoms with Crippen molar-refractivity contribution in [1.29, 1.82) is 0 Å². The number of aryl methyl sites for hydroxylation is 1. The Hall–Kier alpha value is -2.04. The first-order chi connectivity index (χ1) is 7.79. The van der Waals surface area contributed by atoms with Crippen LogP contribution >= 0.6 is 0 Å². The van der Waals surface area contributed by atoms with Crippen LogP contribution in [0.15, 0.2) is 30.9 Å². The van der Waals surface area contributed by atoms with Crippen LogP contribution < -0.4 is 0 Å². The van der Waals surface area contributed by atoms with Crippen molar-refractivity contribution >= 4 is 5.78 Å². The molecule has 0 atom stereocenters. The molecule has 82 valence electrons. The van der Waals surface area contributed by atoms with Crippen LogP contribution in [0.1, 0.15) is 23.1 Å². The maximum absolute atomic E-state index is 11.7. The number of carbonyl (C=O) groups is 1. The van der Waals surface area contributed by atoms with Crippen LogP contribution in [-0.4, -0.2) is 25.5 Å². The molecule has 0 amide bonds. The van der Waals surface area contributed by atoms with Crippen molar-refractivity contribution in [2.75, 3.05) is 0 Å². The fraction of sp³-hybridized carbons (Fsp3) is 0.273. The molecule has 0 aliphatic carbocycles. The highest BCUT2D eigenvalue weighted by Gasteiger charge is 2.10.